The number of carbonyl (C=O) groups is 1. The van der Waals surface area contributed by atoms with E-state index in [0.717, 1.165) is 5.56 Å². The van der Waals surface area contributed by atoms with Gasteiger partial charge in [-0.15, -0.1) is 0 Å². The molecular formula is C16H20ClN5O. The van der Waals surface area contributed by atoms with Crippen molar-refractivity contribution in [2.45, 2.75) is 6.42 Å². The van der Waals surface area contributed by atoms with Gasteiger partial charge in [-0.2, -0.15) is 4.98 Å². The maximum Gasteiger partial charge on any atom is 0.228 e. The molecule has 0 atom stereocenters. The number of rotatable bonds is 5. The van der Waals surface area contributed by atoms with Gasteiger partial charge in [0.15, 0.2) is 5.82 Å². The monoisotopic (exact) mass is 333 g/mol. The van der Waals surface area contributed by atoms with Crippen LogP contribution >= 0.6 is 11.6 Å². The van der Waals surface area contributed by atoms with E-state index in [0.29, 0.717) is 22.5 Å². The minimum absolute atomic E-state index is 0.128. The van der Waals surface area contributed by atoms with Crippen LogP contribution in [0.1, 0.15) is 5.56 Å². The summed E-state index contributed by atoms with van der Waals surface area (Å²) in [6.45, 7) is 0. The minimum atomic E-state index is -0.128. The van der Waals surface area contributed by atoms with Crippen LogP contribution in [-0.2, 0) is 11.2 Å². The van der Waals surface area contributed by atoms with E-state index in [2.05, 4.69) is 15.3 Å². The molecule has 0 fully saturated rings. The third-order valence-corrected chi connectivity index (χ3v) is 3.38. The zero-order valence-electron chi connectivity index (χ0n) is 13.7. The van der Waals surface area contributed by atoms with Crippen LogP contribution < -0.4 is 15.1 Å². The van der Waals surface area contributed by atoms with Gasteiger partial charge in [-0.05, 0) is 17.7 Å². The molecule has 1 amide bonds. The fourth-order valence-electron chi connectivity index (χ4n) is 1.99. The molecule has 0 radical (unpaired) electrons. The van der Waals surface area contributed by atoms with Crippen molar-refractivity contribution in [3.8, 4) is 0 Å². The van der Waals surface area contributed by atoms with Crippen LogP contribution in [0, 0.1) is 0 Å². The Morgan fingerprint density at radius 1 is 1.13 bits per heavy atom. The molecule has 23 heavy (non-hydrogen) atoms. The van der Waals surface area contributed by atoms with Crippen LogP contribution in [-0.4, -0.2) is 44.1 Å². The molecule has 2 rings (SSSR count). The number of benzene rings is 1. The smallest absolute Gasteiger partial charge is 0.228 e. The predicted molar refractivity (Wildman–Crippen MR) is 94.5 cm³/mol. The van der Waals surface area contributed by atoms with Gasteiger partial charge in [0.25, 0.3) is 0 Å². The normalized spacial score (nSPS) is 10.3. The van der Waals surface area contributed by atoms with E-state index < -0.39 is 0 Å². The second-order valence-corrected chi connectivity index (χ2v) is 5.98. The number of aromatic nitrogens is 2. The Bertz CT molecular complexity index is 685. The molecule has 6 nitrogen and oxygen atoms in total. The van der Waals surface area contributed by atoms with E-state index in [4.69, 9.17) is 11.6 Å². The van der Waals surface area contributed by atoms with Crippen LogP contribution in [0.25, 0.3) is 0 Å². The zero-order valence-corrected chi connectivity index (χ0v) is 14.4. The molecule has 1 N–H and O–H groups in total. The molecule has 1 aromatic carbocycles. The Balaban J connectivity index is 2.15. The quantitative estimate of drug-likeness (QED) is 0.910. The lowest BCUT2D eigenvalue weighted by atomic mass is 10.1. The molecular weight excluding hydrogens is 314 g/mol. The molecule has 122 valence electrons. The molecule has 0 bridgehead atoms. The number of amides is 1. The molecule has 0 spiro atoms. The summed E-state index contributed by atoms with van der Waals surface area (Å²) in [6, 6.07) is 7.20. The topological polar surface area (TPSA) is 61.4 Å². The van der Waals surface area contributed by atoms with E-state index in [1.165, 1.54) is 0 Å². The summed E-state index contributed by atoms with van der Waals surface area (Å²) >= 11 is 5.85. The predicted octanol–water partition coefficient (Wildman–Crippen LogP) is 2.44. The van der Waals surface area contributed by atoms with Gasteiger partial charge in [0, 0.05) is 33.2 Å². The Morgan fingerprint density at radius 2 is 1.78 bits per heavy atom. The van der Waals surface area contributed by atoms with Gasteiger partial charge in [-0.25, -0.2) is 4.98 Å². The molecule has 1 aromatic heterocycles. The summed E-state index contributed by atoms with van der Waals surface area (Å²) in [5, 5.41) is 3.51. The molecule has 0 aliphatic carbocycles. The van der Waals surface area contributed by atoms with Crippen molar-refractivity contribution in [2.75, 3.05) is 43.3 Å². The molecule has 0 saturated heterocycles. The highest BCUT2D eigenvalue weighted by molar-refractivity contribution is 6.30. The standard InChI is InChI=1S/C16H20ClN5O/c1-21(2)15-13(10-18-16(20-15)22(3)4)19-14(23)9-11-5-7-12(17)8-6-11/h5-8,10H,9H2,1-4H3,(H,19,23). The second kappa shape index (κ2) is 7.28. The maximum atomic E-state index is 12.2. The summed E-state index contributed by atoms with van der Waals surface area (Å²) in [4.78, 5) is 24.6. The largest absolute Gasteiger partial charge is 0.361 e. The Kier molecular flexibility index (Phi) is 5.39. The number of hydrogen-bond acceptors (Lipinski definition) is 5. The van der Waals surface area contributed by atoms with Crippen LogP contribution in [0.15, 0.2) is 30.5 Å². The Labute approximate surface area is 141 Å². The van der Waals surface area contributed by atoms with Crippen molar-refractivity contribution in [3.05, 3.63) is 41.0 Å². The summed E-state index contributed by atoms with van der Waals surface area (Å²) < 4.78 is 0. The van der Waals surface area contributed by atoms with Gasteiger partial charge >= 0.3 is 0 Å². The van der Waals surface area contributed by atoms with E-state index in [1.807, 2.05) is 50.1 Å². The number of hydrogen-bond donors (Lipinski definition) is 1. The number of anilines is 3. The molecule has 2 aromatic rings. The number of nitrogens with zero attached hydrogens (tertiary/aromatic N) is 4. The van der Waals surface area contributed by atoms with Gasteiger partial charge < -0.3 is 15.1 Å². The first-order valence-electron chi connectivity index (χ1n) is 7.13. The first-order valence-corrected chi connectivity index (χ1v) is 7.50. The van der Waals surface area contributed by atoms with Crippen LogP contribution in [0.2, 0.25) is 5.02 Å². The van der Waals surface area contributed by atoms with Crippen molar-refractivity contribution in [2.24, 2.45) is 0 Å². The number of carbonyl (C=O) groups excluding carboxylic acids is 1. The number of halogens is 1. The third kappa shape index (κ3) is 4.56. The van der Waals surface area contributed by atoms with Gasteiger partial charge in [0.05, 0.1) is 12.6 Å². The summed E-state index contributed by atoms with van der Waals surface area (Å²) in [6.07, 6.45) is 1.89. The fourth-order valence-corrected chi connectivity index (χ4v) is 2.12. The zero-order chi connectivity index (χ0) is 17.0. The third-order valence-electron chi connectivity index (χ3n) is 3.13. The highest BCUT2D eigenvalue weighted by Crippen LogP contribution is 2.23. The van der Waals surface area contributed by atoms with Gasteiger partial charge in [0.1, 0.15) is 5.69 Å². The lowest BCUT2D eigenvalue weighted by molar-refractivity contribution is -0.115. The average molecular weight is 334 g/mol. The summed E-state index contributed by atoms with van der Waals surface area (Å²) in [7, 11) is 7.48. The summed E-state index contributed by atoms with van der Waals surface area (Å²) in [5.74, 6) is 1.12. The van der Waals surface area contributed by atoms with Crippen molar-refractivity contribution < 1.29 is 4.79 Å². The molecule has 1 heterocycles. The second-order valence-electron chi connectivity index (χ2n) is 5.55. The van der Waals surface area contributed by atoms with Crippen LogP contribution in [0.4, 0.5) is 17.5 Å². The fraction of sp³-hybridized carbons (Fsp3) is 0.312. The number of nitrogens with one attached hydrogen (secondary N) is 1. The highest BCUT2D eigenvalue weighted by atomic mass is 35.5. The lowest BCUT2D eigenvalue weighted by Crippen LogP contribution is -2.21. The van der Waals surface area contributed by atoms with E-state index >= 15 is 0 Å². The highest BCUT2D eigenvalue weighted by Gasteiger charge is 2.13. The summed E-state index contributed by atoms with van der Waals surface area (Å²) in [5.41, 5.74) is 1.48. The molecule has 7 heteroatoms. The van der Waals surface area contributed by atoms with E-state index in [-0.39, 0.29) is 12.3 Å². The van der Waals surface area contributed by atoms with Crippen molar-refractivity contribution >= 4 is 35.0 Å². The van der Waals surface area contributed by atoms with Gasteiger partial charge in [-0.1, -0.05) is 23.7 Å². The minimum Gasteiger partial charge on any atom is -0.361 e. The van der Waals surface area contributed by atoms with Gasteiger partial charge in [-0.3, -0.25) is 4.79 Å². The molecule has 0 saturated carbocycles. The van der Waals surface area contributed by atoms with E-state index in [9.17, 15) is 4.79 Å². The van der Waals surface area contributed by atoms with Crippen molar-refractivity contribution in [1.29, 1.82) is 0 Å². The Hall–Kier alpha value is -2.34. The SMILES string of the molecule is CN(C)c1ncc(NC(=O)Cc2ccc(Cl)cc2)c(N(C)C)n1. The van der Waals surface area contributed by atoms with Crippen molar-refractivity contribution in [3.63, 3.8) is 0 Å². The van der Waals surface area contributed by atoms with Gasteiger partial charge in [0.2, 0.25) is 11.9 Å². The molecule has 0 unspecified atom stereocenters. The molecule has 0 aliphatic heterocycles. The molecule has 0 aliphatic rings. The average Bonchev–Trinajstić information content (AvgIpc) is 2.49. The Morgan fingerprint density at radius 3 is 2.35 bits per heavy atom. The lowest BCUT2D eigenvalue weighted by Gasteiger charge is -2.19. The van der Waals surface area contributed by atoms with Crippen LogP contribution in [0.3, 0.4) is 0 Å². The first-order chi connectivity index (χ1) is 10.9. The first kappa shape index (κ1) is 17.0. The van der Waals surface area contributed by atoms with Crippen LogP contribution in [0.5, 0.6) is 0 Å². The van der Waals surface area contributed by atoms with E-state index in [1.54, 1.807) is 18.3 Å². The van der Waals surface area contributed by atoms with Crippen molar-refractivity contribution in [1.82, 2.24) is 9.97 Å². The maximum absolute atomic E-state index is 12.2.